The summed E-state index contributed by atoms with van der Waals surface area (Å²) in [6.45, 7) is 0.437. The number of aromatic nitrogens is 1. The molecule has 120 valence electrons. The van der Waals surface area contributed by atoms with E-state index in [1.165, 1.54) is 6.07 Å². The van der Waals surface area contributed by atoms with Crippen LogP contribution >= 0.6 is 0 Å². The number of hydrogen-bond donors (Lipinski definition) is 1. The molecular weight excluding hydrogens is 293 g/mol. The Labute approximate surface area is 134 Å². The van der Waals surface area contributed by atoms with Gasteiger partial charge in [-0.1, -0.05) is 30.3 Å². The second-order valence-electron chi connectivity index (χ2n) is 5.59. The molecule has 0 radical (unpaired) electrons. The molecule has 2 aromatic carbocycles. The summed E-state index contributed by atoms with van der Waals surface area (Å²) in [5.41, 5.74) is 2.97. The Morgan fingerprint density at radius 1 is 1.09 bits per heavy atom. The molecule has 0 spiro atoms. The van der Waals surface area contributed by atoms with Crippen LogP contribution < -0.4 is 4.74 Å². The third-order valence-electron chi connectivity index (χ3n) is 4.00. The number of halogens is 1. The molecule has 3 aromatic rings. The molecule has 3 rings (SSSR count). The van der Waals surface area contributed by atoms with Gasteiger partial charge in [0.05, 0.1) is 12.1 Å². The lowest BCUT2D eigenvalue weighted by molar-refractivity contribution is 0.298. The lowest BCUT2D eigenvalue weighted by atomic mass is 10.1. The van der Waals surface area contributed by atoms with Crippen molar-refractivity contribution in [2.24, 2.45) is 7.05 Å². The quantitative estimate of drug-likeness (QED) is 0.756. The fourth-order valence-corrected chi connectivity index (χ4v) is 2.89. The van der Waals surface area contributed by atoms with Crippen molar-refractivity contribution < 1.29 is 14.2 Å². The average Bonchev–Trinajstić information content (AvgIpc) is 2.87. The fraction of sp³-hybridized carbons (Fsp3) is 0.263. The molecule has 0 saturated carbocycles. The molecule has 3 nitrogen and oxygen atoms in total. The predicted octanol–water partition coefficient (Wildman–Crippen LogP) is 3.47. The number of benzene rings is 2. The molecule has 0 saturated heterocycles. The van der Waals surface area contributed by atoms with Gasteiger partial charge in [0.2, 0.25) is 0 Å². The number of rotatable bonds is 6. The Balaban J connectivity index is 1.88. The molecule has 0 amide bonds. The van der Waals surface area contributed by atoms with E-state index >= 15 is 0 Å². The summed E-state index contributed by atoms with van der Waals surface area (Å²) >= 11 is 0. The van der Waals surface area contributed by atoms with Crippen molar-refractivity contribution in [3.63, 3.8) is 0 Å². The highest BCUT2D eigenvalue weighted by molar-refractivity contribution is 5.90. The van der Waals surface area contributed by atoms with Crippen LogP contribution in [0.4, 0.5) is 4.39 Å². The smallest absolute Gasteiger partial charge is 0.165 e. The summed E-state index contributed by atoms with van der Waals surface area (Å²) in [7, 11) is 1.91. The number of aryl methyl sites for hydroxylation is 1. The lowest BCUT2D eigenvalue weighted by Crippen LogP contribution is -2.04. The van der Waals surface area contributed by atoms with Crippen LogP contribution in [0.2, 0.25) is 0 Å². The van der Waals surface area contributed by atoms with E-state index in [0.717, 1.165) is 28.5 Å². The van der Waals surface area contributed by atoms with Crippen molar-refractivity contribution in [3.05, 3.63) is 65.6 Å². The average molecular weight is 313 g/mol. The van der Waals surface area contributed by atoms with Gasteiger partial charge in [0.25, 0.3) is 0 Å². The van der Waals surface area contributed by atoms with E-state index in [-0.39, 0.29) is 18.2 Å². The van der Waals surface area contributed by atoms with E-state index in [9.17, 15) is 9.50 Å². The van der Waals surface area contributed by atoms with Crippen LogP contribution in [0.15, 0.2) is 48.7 Å². The van der Waals surface area contributed by atoms with Crippen LogP contribution in [0.5, 0.6) is 5.75 Å². The van der Waals surface area contributed by atoms with Crippen molar-refractivity contribution in [2.45, 2.75) is 12.8 Å². The second kappa shape index (κ2) is 6.84. The van der Waals surface area contributed by atoms with Gasteiger partial charge in [0.1, 0.15) is 0 Å². The summed E-state index contributed by atoms with van der Waals surface area (Å²) in [6.07, 6.45) is 3.12. The SMILES string of the molecule is Cn1cc(CCO)c2c(OCCc3ccccc3)c(F)ccc21. The van der Waals surface area contributed by atoms with E-state index in [2.05, 4.69) is 0 Å². The highest BCUT2D eigenvalue weighted by Crippen LogP contribution is 2.33. The van der Waals surface area contributed by atoms with Gasteiger partial charge in [0.15, 0.2) is 11.6 Å². The first-order valence-corrected chi connectivity index (χ1v) is 7.74. The molecule has 0 bridgehead atoms. The van der Waals surface area contributed by atoms with Crippen molar-refractivity contribution in [3.8, 4) is 5.75 Å². The first-order valence-electron chi connectivity index (χ1n) is 7.74. The molecule has 4 heteroatoms. The minimum Gasteiger partial charge on any atom is -0.489 e. The van der Waals surface area contributed by atoms with E-state index in [1.807, 2.05) is 48.1 Å². The zero-order valence-corrected chi connectivity index (χ0v) is 13.1. The van der Waals surface area contributed by atoms with Gasteiger partial charge < -0.3 is 14.4 Å². The molecule has 0 aliphatic rings. The van der Waals surface area contributed by atoms with Crippen LogP contribution in [0.3, 0.4) is 0 Å². The van der Waals surface area contributed by atoms with Gasteiger partial charge >= 0.3 is 0 Å². The molecule has 0 aliphatic carbocycles. The Morgan fingerprint density at radius 2 is 1.87 bits per heavy atom. The molecule has 0 aliphatic heterocycles. The Kier molecular flexibility index (Phi) is 4.63. The third kappa shape index (κ3) is 3.22. The number of hydrogen-bond acceptors (Lipinski definition) is 2. The van der Waals surface area contributed by atoms with E-state index < -0.39 is 0 Å². The molecule has 0 fully saturated rings. The van der Waals surface area contributed by atoms with Crippen molar-refractivity contribution >= 4 is 10.9 Å². The zero-order valence-electron chi connectivity index (χ0n) is 13.1. The maximum Gasteiger partial charge on any atom is 0.165 e. The van der Waals surface area contributed by atoms with Crippen molar-refractivity contribution in [1.29, 1.82) is 0 Å². The fourth-order valence-electron chi connectivity index (χ4n) is 2.89. The number of nitrogens with zero attached hydrogens (tertiary/aromatic N) is 1. The Bertz CT molecular complexity index is 796. The first kappa shape index (κ1) is 15.6. The highest BCUT2D eigenvalue weighted by atomic mass is 19.1. The number of aliphatic hydroxyl groups excluding tert-OH is 1. The van der Waals surface area contributed by atoms with Crippen LogP contribution in [-0.4, -0.2) is 22.9 Å². The standard InChI is InChI=1S/C19H20FNO2/c1-21-13-15(9-11-22)18-17(21)8-7-16(20)19(18)23-12-10-14-5-3-2-4-6-14/h2-8,13,22H,9-12H2,1H3. The summed E-state index contributed by atoms with van der Waals surface area (Å²) in [4.78, 5) is 0. The first-order chi connectivity index (χ1) is 11.2. The van der Waals surface area contributed by atoms with Gasteiger partial charge in [-0.2, -0.15) is 0 Å². The number of fused-ring (bicyclic) bond motifs is 1. The summed E-state index contributed by atoms with van der Waals surface area (Å²) < 4.78 is 22.0. The van der Waals surface area contributed by atoms with Crippen molar-refractivity contribution in [2.75, 3.05) is 13.2 Å². The largest absolute Gasteiger partial charge is 0.489 e. The Morgan fingerprint density at radius 3 is 2.61 bits per heavy atom. The Hall–Kier alpha value is -2.33. The van der Waals surface area contributed by atoms with E-state index in [1.54, 1.807) is 6.07 Å². The third-order valence-corrected chi connectivity index (χ3v) is 4.00. The minimum absolute atomic E-state index is 0.0269. The molecule has 1 aromatic heterocycles. The van der Waals surface area contributed by atoms with Gasteiger partial charge in [-0.25, -0.2) is 4.39 Å². The summed E-state index contributed by atoms with van der Waals surface area (Å²) in [5, 5.41) is 9.99. The maximum absolute atomic E-state index is 14.3. The zero-order chi connectivity index (χ0) is 16.2. The normalized spacial score (nSPS) is 11.1. The van der Waals surface area contributed by atoms with Crippen LogP contribution in [0.25, 0.3) is 10.9 Å². The maximum atomic E-state index is 14.3. The van der Waals surface area contributed by atoms with Crippen molar-refractivity contribution in [1.82, 2.24) is 4.57 Å². The van der Waals surface area contributed by atoms with Crippen LogP contribution in [0.1, 0.15) is 11.1 Å². The summed E-state index contributed by atoms with van der Waals surface area (Å²) in [6, 6.07) is 13.2. The monoisotopic (exact) mass is 313 g/mol. The topological polar surface area (TPSA) is 34.4 Å². The molecule has 23 heavy (non-hydrogen) atoms. The van der Waals surface area contributed by atoms with Crippen LogP contribution in [-0.2, 0) is 19.9 Å². The van der Waals surface area contributed by atoms with Gasteiger partial charge in [-0.05, 0) is 29.7 Å². The highest BCUT2D eigenvalue weighted by Gasteiger charge is 2.16. The summed E-state index contributed by atoms with van der Waals surface area (Å²) in [5.74, 6) is -0.0848. The predicted molar refractivity (Wildman–Crippen MR) is 89.3 cm³/mol. The van der Waals surface area contributed by atoms with E-state index in [0.29, 0.717) is 13.0 Å². The van der Waals surface area contributed by atoms with E-state index in [4.69, 9.17) is 4.74 Å². The van der Waals surface area contributed by atoms with Gasteiger partial charge in [-0.15, -0.1) is 0 Å². The molecule has 1 heterocycles. The molecule has 1 N–H and O–H groups in total. The molecular formula is C19H20FNO2. The molecule has 0 atom stereocenters. The number of aliphatic hydroxyl groups is 1. The number of ether oxygens (including phenoxy) is 1. The van der Waals surface area contributed by atoms with Gasteiger partial charge in [0, 0.05) is 31.7 Å². The second-order valence-corrected chi connectivity index (χ2v) is 5.59. The minimum atomic E-state index is -0.365. The lowest BCUT2D eigenvalue weighted by Gasteiger charge is -2.10. The molecule has 0 unspecified atom stereocenters. The van der Waals surface area contributed by atoms with Gasteiger partial charge in [-0.3, -0.25) is 0 Å². The van der Waals surface area contributed by atoms with Crippen LogP contribution in [0, 0.1) is 5.82 Å².